The predicted octanol–water partition coefficient (Wildman–Crippen LogP) is 5.47. The summed E-state index contributed by atoms with van der Waals surface area (Å²) in [6.45, 7) is 11.5. The second kappa shape index (κ2) is 11.9. The maximum absolute atomic E-state index is 11.9. The lowest BCUT2D eigenvalue weighted by Gasteiger charge is -2.02. The molecule has 6 rings (SSSR count). The van der Waals surface area contributed by atoms with Crippen LogP contribution in [0.4, 0.5) is 0 Å². The van der Waals surface area contributed by atoms with Crippen LogP contribution in [0.15, 0.2) is 30.5 Å². The van der Waals surface area contributed by atoms with Gasteiger partial charge in [-0.3, -0.25) is 28.1 Å². The minimum Gasteiger partial charge on any atom is -0.299 e. The van der Waals surface area contributed by atoms with Gasteiger partial charge < -0.3 is 0 Å². The highest BCUT2D eigenvalue weighted by atomic mass is 32.1. The zero-order valence-corrected chi connectivity index (χ0v) is 25.8. The molecule has 40 heavy (non-hydrogen) atoms. The van der Waals surface area contributed by atoms with E-state index in [9.17, 15) is 14.4 Å². The summed E-state index contributed by atoms with van der Waals surface area (Å²) in [4.78, 5) is 51.5. The Labute approximate surface area is 244 Å². The van der Waals surface area contributed by atoms with E-state index >= 15 is 0 Å². The fourth-order valence-corrected chi connectivity index (χ4v) is 6.57. The Balaban J connectivity index is 0.000000164. The summed E-state index contributed by atoms with van der Waals surface area (Å²) in [6, 6.07) is 0. The fourth-order valence-electron chi connectivity index (χ4n) is 4.07. The summed E-state index contributed by atoms with van der Waals surface area (Å²) in [5.74, 6) is 2.28. The molecule has 0 aromatic carbocycles. The van der Waals surface area contributed by atoms with E-state index in [0.717, 1.165) is 59.4 Å². The van der Waals surface area contributed by atoms with Crippen molar-refractivity contribution >= 4 is 66.7 Å². The average Bonchev–Trinajstić information content (AvgIpc) is 3.58. The molecule has 0 spiro atoms. The number of thiophene rings is 3. The Morgan fingerprint density at radius 3 is 1.75 bits per heavy atom. The van der Waals surface area contributed by atoms with Crippen LogP contribution in [0.2, 0.25) is 0 Å². The first kappa shape index (κ1) is 31.1. The van der Waals surface area contributed by atoms with Crippen molar-refractivity contribution in [2.75, 3.05) is 0 Å². The molecule has 0 aliphatic heterocycles. The third kappa shape index (κ3) is 5.56. The molecule has 0 bridgehead atoms. The highest BCUT2D eigenvalue weighted by molar-refractivity contribution is 7.13. The summed E-state index contributed by atoms with van der Waals surface area (Å²) in [5.41, 5.74) is 2.66. The van der Waals surface area contributed by atoms with E-state index in [1.165, 1.54) is 11.3 Å². The number of nitrogens with zero attached hydrogens (tertiary/aromatic N) is 6. The van der Waals surface area contributed by atoms with E-state index in [4.69, 9.17) is 0 Å². The second-order valence-corrected chi connectivity index (χ2v) is 12.5. The van der Waals surface area contributed by atoms with Crippen LogP contribution in [0.25, 0.3) is 32.7 Å². The third-order valence-corrected chi connectivity index (χ3v) is 9.33. The van der Waals surface area contributed by atoms with Gasteiger partial charge in [0.1, 0.15) is 17.5 Å². The molecule has 0 amide bonds. The van der Waals surface area contributed by atoms with Crippen molar-refractivity contribution in [3.05, 3.63) is 79.3 Å². The first-order chi connectivity index (χ1) is 18.3. The molecule has 212 valence electrons. The van der Waals surface area contributed by atoms with Gasteiger partial charge >= 0.3 is 0 Å². The molecule has 12 heteroatoms. The van der Waals surface area contributed by atoms with Crippen LogP contribution in [0.3, 0.4) is 0 Å². The zero-order valence-electron chi connectivity index (χ0n) is 23.4. The Hall–Kier alpha value is -3.48. The maximum atomic E-state index is 11.9. The van der Waals surface area contributed by atoms with Gasteiger partial charge in [-0.2, -0.15) is 0 Å². The summed E-state index contributed by atoms with van der Waals surface area (Å²) in [7, 11) is 5.25. The summed E-state index contributed by atoms with van der Waals surface area (Å²) < 4.78 is 4.75. The molecule has 9 nitrogen and oxygen atoms in total. The van der Waals surface area contributed by atoms with Gasteiger partial charge in [-0.15, -0.1) is 34.0 Å². The van der Waals surface area contributed by atoms with E-state index < -0.39 is 0 Å². The van der Waals surface area contributed by atoms with E-state index in [1.807, 2.05) is 57.7 Å². The molecule has 0 N–H and O–H groups in total. The van der Waals surface area contributed by atoms with E-state index in [1.54, 1.807) is 57.5 Å². The van der Waals surface area contributed by atoms with Crippen LogP contribution in [-0.2, 0) is 21.1 Å². The van der Waals surface area contributed by atoms with Gasteiger partial charge in [0.25, 0.3) is 16.7 Å². The van der Waals surface area contributed by atoms with Crippen molar-refractivity contribution in [1.82, 2.24) is 28.7 Å². The standard InChI is InChI=1S/C10H12N2OS.C9H10N2OS.C8H8N2OS.CH4/c1-5-8-9(6(2)14-5)11-7(3)12(4)10(8)13;1-5-8-7(4-13-5)10-6(2)11(3)9(8)12;1-5-9-7-4-12-3-6(7)8(11)10(5)2;/h1-4H3;4H,1-3H3;3-4H,1-2H3;1H4. The Kier molecular flexibility index (Phi) is 9.28. The van der Waals surface area contributed by atoms with Crippen molar-refractivity contribution in [3.8, 4) is 0 Å². The minimum absolute atomic E-state index is 0. The quantitative estimate of drug-likeness (QED) is 0.230. The van der Waals surface area contributed by atoms with Gasteiger partial charge in [0, 0.05) is 51.9 Å². The SMILES string of the molecule is C.Cc1nc2cscc2c(=O)n1C.Cc1sc(C)c2c(=O)n(C)c(C)nc12.Cc1scc2nc(C)n(C)c(=O)c12. The van der Waals surface area contributed by atoms with Crippen LogP contribution in [-0.4, -0.2) is 28.7 Å². The highest BCUT2D eigenvalue weighted by Gasteiger charge is 2.12. The van der Waals surface area contributed by atoms with Crippen LogP contribution >= 0.6 is 34.0 Å². The first-order valence-corrected chi connectivity index (χ1v) is 14.7. The number of rotatable bonds is 0. The molecule has 0 atom stereocenters. The van der Waals surface area contributed by atoms with E-state index in [2.05, 4.69) is 15.0 Å². The summed E-state index contributed by atoms with van der Waals surface area (Å²) >= 11 is 4.72. The number of fused-ring (bicyclic) bond motifs is 3. The van der Waals surface area contributed by atoms with E-state index in [-0.39, 0.29) is 24.1 Å². The lowest BCUT2D eigenvalue weighted by atomic mass is 10.3. The zero-order chi connectivity index (χ0) is 28.8. The van der Waals surface area contributed by atoms with Gasteiger partial charge in [-0.1, -0.05) is 7.43 Å². The summed E-state index contributed by atoms with van der Waals surface area (Å²) in [6.07, 6.45) is 0. The van der Waals surface area contributed by atoms with Crippen LogP contribution in [0, 0.1) is 41.5 Å². The largest absolute Gasteiger partial charge is 0.299 e. The molecule has 0 unspecified atom stereocenters. The molecular weight excluding hydrogens is 565 g/mol. The smallest absolute Gasteiger partial charge is 0.262 e. The third-order valence-electron chi connectivity index (χ3n) is 6.69. The van der Waals surface area contributed by atoms with Gasteiger partial charge in [0.05, 0.1) is 32.7 Å². The Morgan fingerprint density at radius 2 is 1.12 bits per heavy atom. The fraction of sp³-hybridized carbons (Fsp3) is 0.357. The number of hydrogen-bond donors (Lipinski definition) is 0. The number of aromatic nitrogens is 6. The first-order valence-electron chi connectivity index (χ1n) is 12.1. The maximum Gasteiger partial charge on any atom is 0.262 e. The molecule has 6 aromatic heterocycles. The Bertz CT molecular complexity index is 2040. The molecule has 6 heterocycles. The highest BCUT2D eigenvalue weighted by Crippen LogP contribution is 2.25. The molecule has 0 fully saturated rings. The van der Waals surface area contributed by atoms with Crippen LogP contribution in [0.1, 0.15) is 39.5 Å². The van der Waals surface area contributed by atoms with Crippen LogP contribution < -0.4 is 16.7 Å². The van der Waals surface area contributed by atoms with Crippen molar-refractivity contribution in [2.45, 2.75) is 49.0 Å². The second-order valence-electron chi connectivity index (χ2n) is 9.23. The normalized spacial score (nSPS) is 10.7. The summed E-state index contributed by atoms with van der Waals surface area (Å²) in [5, 5.41) is 7.92. The predicted molar refractivity (Wildman–Crippen MR) is 170 cm³/mol. The molecule has 0 radical (unpaired) electrons. The van der Waals surface area contributed by atoms with Crippen molar-refractivity contribution in [1.29, 1.82) is 0 Å². The topological polar surface area (TPSA) is 105 Å². The molecular formula is C28H34N6O3S3. The molecule has 0 saturated heterocycles. The van der Waals surface area contributed by atoms with Gasteiger partial charge in [-0.05, 0) is 41.5 Å². The van der Waals surface area contributed by atoms with Gasteiger partial charge in [0.2, 0.25) is 0 Å². The van der Waals surface area contributed by atoms with Crippen molar-refractivity contribution in [2.24, 2.45) is 21.1 Å². The lowest BCUT2D eigenvalue weighted by molar-refractivity contribution is 0.792. The number of hydrogen-bond acceptors (Lipinski definition) is 9. The monoisotopic (exact) mass is 598 g/mol. The average molecular weight is 599 g/mol. The van der Waals surface area contributed by atoms with Gasteiger partial charge in [-0.25, -0.2) is 15.0 Å². The molecule has 0 aliphatic rings. The Morgan fingerprint density at radius 1 is 0.600 bits per heavy atom. The van der Waals surface area contributed by atoms with Crippen molar-refractivity contribution < 1.29 is 0 Å². The molecule has 6 aromatic rings. The molecule has 0 aliphatic carbocycles. The van der Waals surface area contributed by atoms with Gasteiger partial charge in [0.15, 0.2) is 0 Å². The van der Waals surface area contributed by atoms with E-state index in [0.29, 0.717) is 5.39 Å². The van der Waals surface area contributed by atoms with Crippen molar-refractivity contribution in [3.63, 3.8) is 0 Å². The minimum atomic E-state index is 0. The van der Waals surface area contributed by atoms with Crippen LogP contribution in [0.5, 0.6) is 0 Å². The number of aryl methyl sites for hydroxylation is 6. The molecule has 0 saturated carbocycles. The lowest BCUT2D eigenvalue weighted by Crippen LogP contribution is -2.20.